The Balaban J connectivity index is 2.31. The average molecular weight is 244 g/mol. The minimum absolute atomic E-state index is 0.807. The zero-order valence-corrected chi connectivity index (χ0v) is 11.5. The Labute approximate surface area is 108 Å². The number of aromatic nitrogens is 3. The van der Waals surface area contributed by atoms with Crippen molar-refractivity contribution >= 4 is 0 Å². The highest BCUT2D eigenvalue weighted by Gasteiger charge is 2.06. The van der Waals surface area contributed by atoms with Crippen molar-refractivity contribution < 1.29 is 0 Å². The molecule has 0 unspecified atom stereocenters. The molecule has 2 aromatic rings. The van der Waals surface area contributed by atoms with Crippen LogP contribution in [0.1, 0.15) is 29.7 Å². The van der Waals surface area contributed by atoms with E-state index in [-0.39, 0.29) is 0 Å². The van der Waals surface area contributed by atoms with E-state index < -0.39 is 0 Å². The first-order chi connectivity index (χ1) is 8.61. The molecule has 0 aliphatic rings. The molecule has 1 N–H and O–H groups in total. The molecule has 1 aromatic carbocycles. The molecular formula is C14H20N4. The van der Waals surface area contributed by atoms with Crippen molar-refractivity contribution in [3.63, 3.8) is 0 Å². The molecule has 1 aromatic heterocycles. The fraction of sp³-hybridized carbons (Fsp3) is 0.429. The van der Waals surface area contributed by atoms with E-state index in [1.807, 2.05) is 18.5 Å². The maximum Gasteiger partial charge on any atom is 0.148 e. The van der Waals surface area contributed by atoms with E-state index in [1.165, 1.54) is 11.1 Å². The summed E-state index contributed by atoms with van der Waals surface area (Å²) >= 11 is 0. The highest BCUT2D eigenvalue weighted by molar-refractivity contribution is 5.40. The zero-order chi connectivity index (χ0) is 13.1. The molecule has 4 nitrogen and oxygen atoms in total. The summed E-state index contributed by atoms with van der Waals surface area (Å²) in [5.74, 6) is 1.73. The first kappa shape index (κ1) is 12.8. The lowest BCUT2D eigenvalue weighted by atomic mass is 10.1. The highest BCUT2D eigenvalue weighted by Crippen LogP contribution is 2.15. The molecule has 18 heavy (non-hydrogen) atoms. The Bertz CT molecular complexity index is 543. The van der Waals surface area contributed by atoms with Gasteiger partial charge in [0.15, 0.2) is 0 Å². The van der Waals surface area contributed by atoms with Crippen LogP contribution < -0.4 is 5.32 Å². The summed E-state index contributed by atoms with van der Waals surface area (Å²) in [5.41, 5.74) is 3.68. The van der Waals surface area contributed by atoms with Crippen molar-refractivity contribution in [3.05, 3.63) is 41.0 Å². The number of benzene rings is 1. The van der Waals surface area contributed by atoms with Gasteiger partial charge in [-0.2, -0.15) is 5.10 Å². The third kappa shape index (κ3) is 2.59. The smallest absolute Gasteiger partial charge is 0.148 e. The maximum atomic E-state index is 4.40. The molecule has 0 fully saturated rings. The lowest BCUT2D eigenvalue weighted by Crippen LogP contribution is -2.13. The fourth-order valence-electron chi connectivity index (χ4n) is 2.04. The molecule has 0 saturated carbocycles. The third-order valence-electron chi connectivity index (χ3n) is 3.01. The lowest BCUT2D eigenvalue weighted by molar-refractivity contribution is 0.722. The molecule has 4 heteroatoms. The summed E-state index contributed by atoms with van der Waals surface area (Å²) in [6, 6.07) is 6.42. The Morgan fingerprint density at radius 3 is 2.56 bits per heavy atom. The molecular weight excluding hydrogens is 224 g/mol. The number of rotatable bonds is 4. The van der Waals surface area contributed by atoms with Gasteiger partial charge in [-0.3, -0.25) is 0 Å². The van der Waals surface area contributed by atoms with Crippen LogP contribution in [0.25, 0.3) is 5.69 Å². The first-order valence-corrected chi connectivity index (χ1v) is 6.32. The maximum absolute atomic E-state index is 4.40. The van der Waals surface area contributed by atoms with E-state index in [2.05, 4.69) is 47.4 Å². The Kier molecular flexibility index (Phi) is 3.77. The van der Waals surface area contributed by atoms with Crippen molar-refractivity contribution in [1.29, 1.82) is 0 Å². The number of hydrogen-bond acceptors (Lipinski definition) is 3. The molecule has 0 radical (unpaired) electrons. The summed E-state index contributed by atoms with van der Waals surface area (Å²) in [4.78, 5) is 4.33. The van der Waals surface area contributed by atoms with Gasteiger partial charge in [-0.15, -0.1) is 0 Å². The summed E-state index contributed by atoms with van der Waals surface area (Å²) in [5, 5.41) is 7.75. The van der Waals surface area contributed by atoms with Crippen LogP contribution in [0.15, 0.2) is 18.2 Å². The van der Waals surface area contributed by atoms with Gasteiger partial charge in [-0.25, -0.2) is 9.67 Å². The molecule has 96 valence electrons. The van der Waals surface area contributed by atoms with E-state index >= 15 is 0 Å². The standard InChI is InChI=1S/C14H20N4/c1-5-15-9-13-6-7-14(8-10(13)2)18-12(4)16-11(3)17-18/h6-8,15H,5,9H2,1-4H3. The monoisotopic (exact) mass is 244 g/mol. The van der Waals surface area contributed by atoms with Crippen LogP contribution in [-0.4, -0.2) is 21.3 Å². The average Bonchev–Trinajstić information content (AvgIpc) is 2.67. The molecule has 0 amide bonds. The largest absolute Gasteiger partial charge is 0.313 e. The predicted octanol–water partition coefficient (Wildman–Crippen LogP) is 2.30. The van der Waals surface area contributed by atoms with Gasteiger partial charge in [0.2, 0.25) is 0 Å². The van der Waals surface area contributed by atoms with Crippen molar-refractivity contribution in [2.75, 3.05) is 6.54 Å². The van der Waals surface area contributed by atoms with Crippen LogP contribution in [-0.2, 0) is 6.54 Å². The zero-order valence-electron chi connectivity index (χ0n) is 11.5. The van der Waals surface area contributed by atoms with Crippen LogP contribution in [0.3, 0.4) is 0 Å². The van der Waals surface area contributed by atoms with Crippen LogP contribution in [0.5, 0.6) is 0 Å². The minimum atomic E-state index is 0.807. The normalized spacial score (nSPS) is 10.9. The third-order valence-corrected chi connectivity index (χ3v) is 3.01. The number of nitrogens with one attached hydrogen (secondary N) is 1. The molecule has 2 rings (SSSR count). The van der Waals surface area contributed by atoms with Gasteiger partial charge in [0.25, 0.3) is 0 Å². The van der Waals surface area contributed by atoms with Crippen molar-refractivity contribution in [2.45, 2.75) is 34.2 Å². The second-order valence-corrected chi connectivity index (χ2v) is 4.51. The molecule has 0 aliphatic carbocycles. The topological polar surface area (TPSA) is 42.7 Å². The first-order valence-electron chi connectivity index (χ1n) is 6.32. The van der Waals surface area contributed by atoms with E-state index in [0.717, 1.165) is 30.4 Å². The van der Waals surface area contributed by atoms with Gasteiger partial charge in [0.05, 0.1) is 5.69 Å². The van der Waals surface area contributed by atoms with E-state index in [9.17, 15) is 0 Å². The Morgan fingerprint density at radius 2 is 2.00 bits per heavy atom. The van der Waals surface area contributed by atoms with Crippen molar-refractivity contribution in [3.8, 4) is 5.69 Å². The molecule has 0 bridgehead atoms. The van der Waals surface area contributed by atoms with Crippen LogP contribution in [0.4, 0.5) is 0 Å². The van der Waals surface area contributed by atoms with Crippen LogP contribution >= 0.6 is 0 Å². The predicted molar refractivity (Wildman–Crippen MR) is 73.0 cm³/mol. The van der Waals surface area contributed by atoms with Gasteiger partial charge in [-0.1, -0.05) is 13.0 Å². The van der Waals surface area contributed by atoms with Crippen LogP contribution in [0, 0.1) is 20.8 Å². The second-order valence-electron chi connectivity index (χ2n) is 4.51. The lowest BCUT2D eigenvalue weighted by Gasteiger charge is -2.09. The van der Waals surface area contributed by atoms with Crippen molar-refractivity contribution in [1.82, 2.24) is 20.1 Å². The van der Waals surface area contributed by atoms with Gasteiger partial charge in [0.1, 0.15) is 11.6 Å². The molecule has 0 saturated heterocycles. The van der Waals surface area contributed by atoms with Gasteiger partial charge in [0, 0.05) is 6.54 Å². The second kappa shape index (κ2) is 5.31. The van der Waals surface area contributed by atoms with Crippen LogP contribution in [0.2, 0.25) is 0 Å². The molecule has 0 spiro atoms. The minimum Gasteiger partial charge on any atom is -0.313 e. The molecule has 0 aliphatic heterocycles. The summed E-state index contributed by atoms with van der Waals surface area (Å²) < 4.78 is 1.89. The SMILES string of the molecule is CCNCc1ccc(-n2nc(C)nc2C)cc1C. The summed E-state index contributed by atoms with van der Waals surface area (Å²) in [6.45, 7) is 10.0. The fourth-order valence-corrected chi connectivity index (χ4v) is 2.04. The number of aryl methyl sites for hydroxylation is 3. The van der Waals surface area contributed by atoms with Gasteiger partial charge >= 0.3 is 0 Å². The highest BCUT2D eigenvalue weighted by atomic mass is 15.3. The number of nitrogens with zero attached hydrogens (tertiary/aromatic N) is 3. The van der Waals surface area contributed by atoms with Gasteiger partial charge < -0.3 is 5.32 Å². The van der Waals surface area contributed by atoms with E-state index in [4.69, 9.17) is 0 Å². The molecule has 1 heterocycles. The quantitative estimate of drug-likeness (QED) is 0.897. The summed E-state index contributed by atoms with van der Waals surface area (Å²) in [6.07, 6.45) is 0. The Hall–Kier alpha value is -1.68. The van der Waals surface area contributed by atoms with Gasteiger partial charge in [-0.05, 0) is 50.6 Å². The van der Waals surface area contributed by atoms with Crippen molar-refractivity contribution in [2.24, 2.45) is 0 Å². The van der Waals surface area contributed by atoms with E-state index in [0.29, 0.717) is 0 Å². The number of hydrogen-bond donors (Lipinski definition) is 1. The van der Waals surface area contributed by atoms with E-state index in [1.54, 1.807) is 0 Å². The molecule has 0 atom stereocenters. The Morgan fingerprint density at radius 1 is 1.22 bits per heavy atom. The summed E-state index contributed by atoms with van der Waals surface area (Å²) in [7, 11) is 0.